The van der Waals surface area contributed by atoms with Gasteiger partial charge in [0, 0.05) is 11.7 Å². The molecule has 0 saturated heterocycles. The van der Waals surface area contributed by atoms with E-state index in [-0.39, 0.29) is 17.7 Å². The number of carbonyl (C=O) groups excluding carboxylic acids is 1. The van der Waals surface area contributed by atoms with Gasteiger partial charge in [-0.2, -0.15) is 5.26 Å². The van der Waals surface area contributed by atoms with E-state index in [0.717, 1.165) is 24.1 Å². The lowest BCUT2D eigenvalue weighted by atomic mass is 10.1. The molecular weight excluding hydrogens is 330 g/mol. The number of carbonyl (C=O) groups is 1. The molecule has 5 heteroatoms. The number of nitrogens with zero attached hydrogens (tertiary/aromatic N) is 2. The molecule has 0 spiro atoms. The van der Waals surface area contributed by atoms with Crippen molar-refractivity contribution in [3.8, 4) is 6.07 Å². The van der Waals surface area contributed by atoms with Crippen LogP contribution in [0.3, 0.4) is 0 Å². The summed E-state index contributed by atoms with van der Waals surface area (Å²) in [5.41, 5.74) is 3.58. The van der Waals surface area contributed by atoms with Crippen molar-refractivity contribution < 1.29 is 4.79 Å². The van der Waals surface area contributed by atoms with E-state index in [1.165, 1.54) is 17.3 Å². The van der Waals surface area contributed by atoms with Crippen LogP contribution in [0.5, 0.6) is 0 Å². The quantitative estimate of drug-likeness (QED) is 0.769. The predicted molar refractivity (Wildman–Crippen MR) is 102 cm³/mol. The lowest BCUT2D eigenvalue weighted by molar-refractivity contribution is -0.119. The van der Waals surface area contributed by atoms with Gasteiger partial charge in [-0.1, -0.05) is 42.1 Å². The monoisotopic (exact) mass is 353 g/mol. The van der Waals surface area contributed by atoms with Crippen LogP contribution in [0.2, 0.25) is 0 Å². The summed E-state index contributed by atoms with van der Waals surface area (Å²) in [5.74, 6) is 0.232. The molecule has 1 amide bonds. The lowest BCUT2D eigenvalue weighted by Gasteiger charge is -2.14. The third-order valence-corrected chi connectivity index (χ3v) is 4.85. The molecule has 0 bridgehead atoms. The normalized spacial score (nSPS) is 11.6. The minimum Gasteiger partial charge on any atom is -0.353 e. The Morgan fingerprint density at radius 1 is 1.32 bits per heavy atom. The second-order valence-corrected chi connectivity index (χ2v) is 7.12. The average Bonchev–Trinajstić information content (AvgIpc) is 2.58. The largest absolute Gasteiger partial charge is 0.353 e. The maximum Gasteiger partial charge on any atom is 0.230 e. The Kier molecular flexibility index (Phi) is 7.03. The second kappa shape index (κ2) is 9.24. The van der Waals surface area contributed by atoms with E-state index < -0.39 is 0 Å². The topological polar surface area (TPSA) is 65.8 Å². The number of aryl methyl sites for hydroxylation is 3. The number of aromatic nitrogens is 1. The Morgan fingerprint density at radius 2 is 2.04 bits per heavy atom. The molecule has 1 aromatic heterocycles. The fourth-order valence-corrected chi connectivity index (χ4v) is 3.50. The summed E-state index contributed by atoms with van der Waals surface area (Å²) in [6.45, 7) is 5.80. The van der Waals surface area contributed by atoms with Crippen LogP contribution in [0, 0.1) is 25.2 Å². The first-order chi connectivity index (χ1) is 12.0. The van der Waals surface area contributed by atoms with E-state index in [2.05, 4.69) is 28.5 Å². The molecule has 1 aromatic carbocycles. The first-order valence-electron chi connectivity index (χ1n) is 8.34. The highest BCUT2D eigenvalue weighted by molar-refractivity contribution is 8.00. The van der Waals surface area contributed by atoms with Gasteiger partial charge in [-0.15, -0.1) is 0 Å². The highest BCUT2D eigenvalue weighted by atomic mass is 32.2. The molecule has 1 heterocycles. The predicted octanol–water partition coefficient (Wildman–Crippen LogP) is 3.80. The zero-order chi connectivity index (χ0) is 18.2. The van der Waals surface area contributed by atoms with Crippen LogP contribution in [-0.4, -0.2) is 22.7 Å². The Balaban J connectivity index is 1.84. The first kappa shape index (κ1) is 19.0. The molecule has 0 saturated carbocycles. The maximum absolute atomic E-state index is 12.2. The fourth-order valence-electron chi connectivity index (χ4n) is 2.59. The van der Waals surface area contributed by atoms with Crippen molar-refractivity contribution in [1.82, 2.24) is 10.3 Å². The van der Waals surface area contributed by atoms with Crippen LogP contribution >= 0.6 is 11.8 Å². The average molecular weight is 353 g/mol. The summed E-state index contributed by atoms with van der Waals surface area (Å²) in [4.78, 5) is 16.6. The van der Waals surface area contributed by atoms with Gasteiger partial charge >= 0.3 is 0 Å². The molecule has 0 radical (unpaired) electrons. The van der Waals surface area contributed by atoms with Crippen molar-refractivity contribution in [3.63, 3.8) is 0 Å². The number of rotatable bonds is 7. The van der Waals surface area contributed by atoms with Gasteiger partial charge in [0.15, 0.2) is 0 Å². The summed E-state index contributed by atoms with van der Waals surface area (Å²) in [7, 11) is 0. The molecule has 1 N–H and O–H groups in total. The zero-order valence-electron chi connectivity index (χ0n) is 14.9. The fraction of sp³-hybridized carbons (Fsp3) is 0.350. The highest BCUT2D eigenvalue weighted by Gasteiger charge is 2.13. The Labute approximate surface area is 153 Å². The standard InChI is InChI=1S/C20H23N3OS/c1-14-11-16(3)23-20(18(14)12-21)25-13-19(24)22-15(2)9-10-17-7-5-4-6-8-17/h4-8,11,15H,9-10,13H2,1-3H3,(H,22,24)/t15-/m1/s1. The van der Waals surface area contributed by atoms with Crippen LogP contribution in [0.4, 0.5) is 0 Å². The molecule has 25 heavy (non-hydrogen) atoms. The van der Waals surface area contributed by atoms with Gasteiger partial charge in [0.25, 0.3) is 0 Å². The van der Waals surface area contributed by atoms with Crippen molar-refractivity contribution in [2.75, 3.05) is 5.75 Å². The number of hydrogen-bond donors (Lipinski definition) is 1. The summed E-state index contributed by atoms with van der Waals surface area (Å²) in [5, 5.41) is 12.9. The van der Waals surface area contributed by atoms with Gasteiger partial charge in [0.1, 0.15) is 11.1 Å². The molecular formula is C20H23N3OS. The summed E-state index contributed by atoms with van der Waals surface area (Å²) in [6, 6.07) is 14.4. The number of pyridine rings is 1. The number of benzene rings is 1. The van der Waals surface area contributed by atoms with E-state index >= 15 is 0 Å². The van der Waals surface area contributed by atoms with Crippen LogP contribution < -0.4 is 5.32 Å². The third kappa shape index (κ3) is 5.91. The van der Waals surface area contributed by atoms with E-state index in [1.54, 1.807) is 0 Å². The van der Waals surface area contributed by atoms with Crippen molar-refractivity contribution in [2.45, 2.75) is 44.7 Å². The molecule has 1 atom stereocenters. The summed E-state index contributed by atoms with van der Waals surface area (Å²) in [6.07, 6.45) is 1.83. The van der Waals surface area contributed by atoms with Crippen molar-refractivity contribution in [1.29, 1.82) is 5.26 Å². The van der Waals surface area contributed by atoms with E-state index in [9.17, 15) is 10.1 Å². The molecule has 0 aliphatic heterocycles. The zero-order valence-corrected chi connectivity index (χ0v) is 15.7. The molecule has 130 valence electrons. The number of nitriles is 1. The van der Waals surface area contributed by atoms with Gasteiger partial charge in [-0.25, -0.2) is 4.98 Å². The molecule has 0 fully saturated rings. The number of thioether (sulfide) groups is 1. The van der Waals surface area contributed by atoms with Crippen LogP contribution in [-0.2, 0) is 11.2 Å². The molecule has 0 aliphatic carbocycles. The van der Waals surface area contributed by atoms with Gasteiger partial charge in [0.2, 0.25) is 5.91 Å². The van der Waals surface area contributed by atoms with E-state index in [0.29, 0.717) is 10.6 Å². The van der Waals surface area contributed by atoms with Gasteiger partial charge in [0.05, 0.1) is 11.3 Å². The maximum atomic E-state index is 12.2. The van der Waals surface area contributed by atoms with Crippen molar-refractivity contribution >= 4 is 17.7 Å². The molecule has 2 aromatic rings. The summed E-state index contributed by atoms with van der Waals surface area (Å²) < 4.78 is 0. The highest BCUT2D eigenvalue weighted by Crippen LogP contribution is 2.23. The van der Waals surface area contributed by atoms with Crippen molar-refractivity contribution in [2.24, 2.45) is 0 Å². The molecule has 2 rings (SSSR count). The first-order valence-corrected chi connectivity index (χ1v) is 9.32. The molecule has 0 aliphatic rings. The number of nitrogens with one attached hydrogen (secondary N) is 1. The van der Waals surface area contributed by atoms with Crippen LogP contribution in [0.1, 0.15) is 35.7 Å². The van der Waals surface area contributed by atoms with Gasteiger partial charge in [-0.05, 0) is 50.8 Å². The summed E-state index contributed by atoms with van der Waals surface area (Å²) >= 11 is 1.32. The Hall–Kier alpha value is -2.32. The third-order valence-electron chi connectivity index (χ3n) is 3.88. The minimum absolute atomic E-state index is 0.0320. The minimum atomic E-state index is -0.0320. The lowest BCUT2D eigenvalue weighted by Crippen LogP contribution is -2.34. The number of hydrogen-bond acceptors (Lipinski definition) is 4. The molecule has 0 unspecified atom stereocenters. The second-order valence-electron chi connectivity index (χ2n) is 6.15. The van der Waals surface area contributed by atoms with Crippen LogP contribution in [0.15, 0.2) is 41.4 Å². The van der Waals surface area contributed by atoms with Gasteiger partial charge in [-0.3, -0.25) is 4.79 Å². The van der Waals surface area contributed by atoms with Crippen LogP contribution in [0.25, 0.3) is 0 Å². The SMILES string of the molecule is Cc1cc(C)c(C#N)c(SCC(=O)N[C@H](C)CCc2ccccc2)n1. The van der Waals surface area contributed by atoms with Crippen molar-refractivity contribution in [3.05, 3.63) is 58.8 Å². The smallest absolute Gasteiger partial charge is 0.230 e. The van der Waals surface area contributed by atoms with E-state index in [1.807, 2.05) is 45.0 Å². The molecule has 4 nitrogen and oxygen atoms in total. The van der Waals surface area contributed by atoms with E-state index in [4.69, 9.17) is 0 Å². The van der Waals surface area contributed by atoms with Gasteiger partial charge < -0.3 is 5.32 Å². The Bertz CT molecular complexity index is 769. The Morgan fingerprint density at radius 3 is 2.72 bits per heavy atom. The number of amides is 1.